The fraction of sp³-hybridized carbons (Fsp3) is 0.929. The SMILES string of the molecule is CCC(CC)(CO)NC(=O)C1NCC2CCCC21. The van der Waals surface area contributed by atoms with Gasteiger partial charge in [-0.3, -0.25) is 4.79 Å². The molecule has 3 unspecified atom stereocenters. The topological polar surface area (TPSA) is 61.4 Å². The van der Waals surface area contributed by atoms with Crippen molar-refractivity contribution in [2.45, 2.75) is 57.5 Å². The highest BCUT2D eigenvalue weighted by Crippen LogP contribution is 2.37. The van der Waals surface area contributed by atoms with Crippen LogP contribution < -0.4 is 10.6 Å². The number of hydrogen-bond acceptors (Lipinski definition) is 3. The van der Waals surface area contributed by atoms with E-state index in [0.29, 0.717) is 11.8 Å². The van der Waals surface area contributed by atoms with Crippen molar-refractivity contribution in [2.75, 3.05) is 13.2 Å². The summed E-state index contributed by atoms with van der Waals surface area (Å²) in [7, 11) is 0. The Hall–Kier alpha value is -0.610. The summed E-state index contributed by atoms with van der Waals surface area (Å²) < 4.78 is 0. The van der Waals surface area contributed by atoms with Gasteiger partial charge in [-0.25, -0.2) is 0 Å². The molecular formula is C14H26N2O2. The summed E-state index contributed by atoms with van der Waals surface area (Å²) in [6.07, 6.45) is 5.22. The maximum Gasteiger partial charge on any atom is 0.237 e. The zero-order chi connectivity index (χ0) is 13.2. The molecule has 1 saturated heterocycles. The molecule has 0 spiro atoms. The van der Waals surface area contributed by atoms with Gasteiger partial charge >= 0.3 is 0 Å². The van der Waals surface area contributed by atoms with Gasteiger partial charge in [-0.1, -0.05) is 20.3 Å². The lowest BCUT2D eigenvalue weighted by atomic mass is 9.90. The average Bonchev–Trinajstić information content (AvgIpc) is 2.98. The molecule has 104 valence electrons. The van der Waals surface area contributed by atoms with Crippen LogP contribution in [0.2, 0.25) is 0 Å². The molecule has 1 aliphatic heterocycles. The van der Waals surface area contributed by atoms with Gasteiger partial charge in [0.2, 0.25) is 5.91 Å². The van der Waals surface area contributed by atoms with Crippen molar-refractivity contribution in [1.82, 2.24) is 10.6 Å². The van der Waals surface area contributed by atoms with Crippen LogP contribution in [0.5, 0.6) is 0 Å². The highest BCUT2D eigenvalue weighted by Gasteiger charge is 2.43. The fourth-order valence-electron chi connectivity index (χ4n) is 3.50. The van der Waals surface area contributed by atoms with E-state index in [4.69, 9.17) is 0 Å². The highest BCUT2D eigenvalue weighted by molar-refractivity contribution is 5.83. The van der Waals surface area contributed by atoms with Crippen LogP contribution in [-0.4, -0.2) is 35.7 Å². The van der Waals surface area contributed by atoms with Gasteiger partial charge in [-0.2, -0.15) is 0 Å². The van der Waals surface area contributed by atoms with Crippen LogP contribution in [0, 0.1) is 11.8 Å². The molecule has 1 aliphatic carbocycles. The van der Waals surface area contributed by atoms with Gasteiger partial charge in [0.15, 0.2) is 0 Å². The molecule has 3 atom stereocenters. The third kappa shape index (κ3) is 2.41. The smallest absolute Gasteiger partial charge is 0.237 e. The van der Waals surface area contributed by atoms with Crippen LogP contribution in [0.1, 0.15) is 46.0 Å². The minimum Gasteiger partial charge on any atom is -0.394 e. The van der Waals surface area contributed by atoms with E-state index in [1.54, 1.807) is 0 Å². The lowest BCUT2D eigenvalue weighted by molar-refractivity contribution is -0.126. The van der Waals surface area contributed by atoms with E-state index in [2.05, 4.69) is 10.6 Å². The first-order valence-electron chi connectivity index (χ1n) is 7.32. The second-order valence-corrected chi connectivity index (χ2v) is 5.88. The Labute approximate surface area is 110 Å². The number of amides is 1. The van der Waals surface area contributed by atoms with E-state index < -0.39 is 5.54 Å². The number of fused-ring (bicyclic) bond motifs is 1. The Morgan fingerprint density at radius 3 is 2.72 bits per heavy atom. The zero-order valence-electron chi connectivity index (χ0n) is 11.5. The third-order valence-corrected chi connectivity index (χ3v) is 5.07. The Kier molecular flexibility index (Phi) is 4.28. The molecule has 3 N–H and O–H groups in total. The molecular weight excluding hydrogens is 228 g/mol. The maximum atomic E-state index is 12.4. The Morgan fingerprint density at radius 1 is 1.39 bits per heavy atom. The summed E-state index contributed by atoms with van der Waals surface area (Å²) in [4.78, 5) is 12.4. The van der Waals surface area contributed by atoms with Crippen molar-refractivity contribution < 1.29 is 9.90 Å². The number of carbonyl (C=O) groups is 1. The van der Waals surface area contributed by atoms with Crippen molar-refractivity contribution in [3.8, 4) is 0 Å². The van der Waals surface area contributed by atoms with Crippen molar-refractivity contribution in [2.24, 2.45) is 11.8 Å². The standard InChI is InChI=1S/C14H26N2O2/c1-3-14(4-2,9-17)16-13(18)12-11-7-5-6-10(11)8-15-12/h10-12,15,17H,3-9H2,1-2H3,(H,16,18). The van der Waals surface area contributed by atoms with Crippen LogP contribution in [0.3, 0.4) is 0 Å². The number of rotatable bonds is 5. The predicted octanol–water partition coefficient (Wildman–Crippen LogP) is 1.04. The lowest BCUT2D eigenvalue weighted by Crippen LogP contribution is -2.56. The first-order valence-corrected chi connectivity index (χ1v) is 7.32. The van der Waals surface area contributed by atoms with E-state index in [9.17, 15) is 9.90 Å². The summed E-state index contributed by atoms with van der Waals surface area (Å²) in [6.45, 7) is 5.03. The van der Waals surface area contributed by atoms with E-state index >= 15 is 0 Å². The van der Waals surface area contributed by atoms with Crippen molar-refractivity contribution in [3.63, 3.8) is 0 Å². The van der Waals surface area contributed by atoms with Gasteiger partial charge in [0.1, 0.15) is 0 Å². The largest absolute Gasteiger partial charge is 0.394 e. The molecule has 1 heterocycles. The van der Waals surface area contributed by atoms with E-state index in [1.807, 2.05) is 13.8 Å². The molecule has 0 bridgehead atoms. The predicted molar refractivity (Wildman–Crippen MR) is 71.2 cm³/mol. The number of carbonyl (C=O) groups excluding carboxylic acids is 1. The van der Waals surface area contributed by atoms with Crippen LogP contribution in [-0.2, 0) is 4.79 Å². The van der Waals surface area contributed by atoms with Crippen LogP contribution in [0.15, 0.2) is 0 Å². The van der Waals surface area contributed by atoms with Gasteiger partial charge in [0.25, 0.3) is 0 Å². The molecule has 18 heavy (non-hydrogen) atoms. The second-order valence-electron chi connectivity index (χ2n) is 5.88. The van der Waals surface area contributed by atoms with Crippen molar-refractivity contribution in [1.29, 1.82) is 0 Å². The highest BCUT2D eigenvalue weighted by atomic mass is 16.3. The van der Waals surface area contributed by atoms with Crippen molar-refractivity contribution in [3.05, 3.63) is 0 Å². The first kappa shape index (κ1) is 13.8. The fourth-order valence-corrected chi connectivity index (χ4v) is 3.50. The Bertz CT molecular complexity index is 294. The number of nitrogens with one attached hydrogen (secondary N) is 2. The van der Waals surface area contributed by atoms with Crippen LogP contribution in [0.4, 0.5) is 0 Å². The minimum absolute atomic E-state index is 0.0204. The molecule has 2 fully saturated rings. The van der Waals surface area contributed by atoms with Gasteiger partial charge in [0, 0.05) is 0 Å². The van der Waals surface area contributed by atoms with Crippen LogP contribution in [0.25, 0.3) is 0 Å². The van der Waals surface area contributed by atoms with Crippen molar-refractivity contribution >= 4 is 5.91 Å². The number of aliphatic hydroxyl groups excluding tert-OH is 1. The van der Waals surface area contributed by atoms with Gasteiger partial charge in [-0.05, 0) is 44.1 Å². The molecule has 4 nitrogen and oxygen atoms in total. The molecule has 0 radical (unpaired) electrons. The summed E-state index contributed by atoms with van der Waals surface area (Å²) in [6, 6.07) is -0.0403. The monoisotopic (exact) mass is 254 g/mol. The quantitative estimate of drug-likeness (QED) is 0.687. The Balaban J connectivity index is 1.99. The third-order valence-electron chi connectivity index (χ3n) is 5.07. The summed E-state index contributed by atoms with van der Waals surface area (Å²) in [5, 5.41) is 16.0. The molecule has 0 aromatic heterocycles. The summed E-state index contributed by atoms with van der Waals surface area (Å²) >= 11 is 0. The lowest BCUT2D eigenvalue weighted by Gasteiger charge is -2.32. The van der Waals surface area contributed by atoms with E-state index in [1.165, 1.54) is 19.3 Å². The molecule has 2 aliphatic rings. The zero-order valence-corrected chi connectivity index (χ0v) is 11.5. The van der Waals surface area contributed by atoms with E-state index in [0.717, 1.165) is 19.4 Å². The number of hydrogen-bond donors (Lipinski definition) is 3. The molecule has 4 heteroatoms. The van der Waals surface area contributed by atoms with Crippen LogP contribution >= 0.6 is 0 Å². The normalized spacial score (nSPS) is 31.4. The summed E-state index contributed by atoms with van der Waals surface area (Å²) in [5.74, 6) is 1.28. The molecule has 1 saturated carbocycles. The Morgan fingerprint density at radius 2 is 2.11 bits per heavy atom. The summed E-state index contributed by atoms with van der Waals surface area (Å²) in [5.41, 5.74) is -0.435. The van der Waals surface area contributed by atoms with Gasteiger partial charge < -0.3 is 15.7 Å². The molecule has 1 amide bonds. The molecule has 0 aromatic rings. The number of aliphatic hydroxyl groups is 1. The minimum atomic E-state index is -0.435. The second kappa shape index (κ2) is 5.57. The first-order chi connectivity index (χ1) is 8.65. The molecule has 2 rings (SSSR count). The average molecular weight is 254 g/mol. The maximum absolute atomic E-state index is 12.4. The van der Waals surface area contributed by atoms with Gasteiger partial charge in [-0.15, -0.1) is 0 Å². The molecule has 0 aromatic carbocycles. The van der Waals surface area contributed by atoms with E-state index in [-0.39, 0.29) is 18.6 Å². The van der Waals surface area contributed by atoms with Gasteiger partial charge in [0.05, 0.1) is 18.2 Å².